The molecule has 2 aliphatic carbocycles. The molecule has 0 aromatic carbocycles. The van der Waals surface area contributed by atoms with Crippen LogP contribution < -0.4 is 5.32 Å². The van der Waals surface area contributed by atoms with Crippen molar-refractivity contribution in [1.82, 2.24) is 5.32 Å². The summed E-state index contributed by atoms with van der Waals surface area (Å²) in [5.74, 6) is 1.12. The number of carbonyl (C=O) groups excluding carboxylic acids is 1. The molecule has 0 aromatic rings. The van der Waals surface area contributed by atoms with Gasteiger partial charge in [-0.3, -0.25) is 4.79 Å². The van der Waals surface area contributed by atoms with E-state index >= 15 is 0 Å². The third kappa shape index (κ3) is 3.84. The van der Waals surface area contributed by atoms with Crippen molar-refractivity contribution in [2.24, 2.45) is 11.8 Å². The molecule has 0 aromatic heterocycles. The molecule has 2 N–H and O–H groups in total. The van der Waals surface area contributed by atoms with Crippen LogP contribution in [0.2, 0.25) is 0 Å². The summed E-state index contributed by atoms with van der Waals surface area (Å²) in [7, 11) is 0. The van der Waals surface area contributed by atoms with Crippen LogP contribution in [-0.4, -0.2) is 23.7 Å². The van der Waals surface area contributed by atoms with Crippen LogP contribution in [0.25, 0.3) is 0 Å². The molecule has 2 rings (SSSR count). The predicted octanol–water partition coefficient (Wildman–Crippen LogP) is 2.01. The molecule has 1 saturated carbocycles. The second-order valence-corrected chi connectivity index (χ2v) is 5.44. The van der Waals surface area contributed by atoms with E-state index in [2.05, 4.69) is 17.5 Å². The molecule has 3 heteroatoms. The molecule has 96 valence electrons. The van der Waals surface area contributed by atoms with Gasteiger partial charge in [-0.25, -0.2) is 0 Å². The zero-order valence-electron chi connectivity index (χ0n) is 10.4. The van der Waals surface area contributed by atoms with Gasteiger partial charge in [0, 0.05) is 19.1 Å². The highest BCUT2D eigenvalue weighted by Gasteiger charge is 2.22. The minimum Gasteiger partial charge on any atom is -0.396 e. The van der Waals surface area contributed by atoms with Crippen LogP contribution in [0, 0.1) is 11.8 Å². The van der Waals surface area contributed by atoms with E-state index in [1.165, 1.54) is 0 Å². The Hall–Kier alpha value is -0.830. The van der Waals surface area contributed by atoms with Crippen molar-refractivity contribution in [2.75, 3.05) is 6.61 Å². The standard InChI is InChI=1S/C14H23NO2/c16-10-12-5-7-13(8-6-12)15-14(17)9-11-3-1-2-4-11/h1,3,11-13,16H,2,4-10H2,(H,15,17)/t11-,12?,13?/m1/s1. The van der Waals surface area contributed by atoms with E-state index in [9.17, 15) is 4.79 Å². The molecule has 1 amide bonds. The molecule has 17 heavy (non-hydrogen) atoms. The van der Waals surface area contributed by atoms with Crippen molar-refractivity contribution in [3.05, 3.63) is 12.2 Å². The normalized spacial score (nSPS) is 32.6. The first kappa shape index (κ1) is 12.6. The van der Waals surface area contributed by atoms with Gasteiger partial charge in [0.15, 0.2) is 0 Å². The maximum absolute atomic E-state index is 11.8. The molecule has 0 radical (unpaired) electrons. The summed E-state index contributed by atoms with van der Waals surface area (Å²) in [6.45, 7) is 0.299. The second-order valence-electron chi connectivity index (χ2n) is 5.44. The summed E-state index contributed by atoms with van der Waals surface area (Å²) in [4.78, 5) is 11.8. The van der Waals surface area contributed by atoms with Gasteiger partial charge < -0.3 is 10.4 Å². The van der Waals surface area contributed by atoms with Crippen molar-refractivity contribution >= 4 is 5.91 Å². The van der Waals surface area contributed by atoms with Crippen LogP contribution in [0.1, 0.15) is 44.9 Å². The minimum absolute atomic E-state index is 0.203. The summed E-state index contributed by atoms with van der Waals surface area (Å²) < 4.78 is 0. The van der Waals surface area contributed by atoms with E-state index in [4.69, 9.17) is 5.11 Å². The zero-order chi connectivity index (χ0) is 12.1. The van der Waals surface area contributed by atoms with Gasteiger partial charge in [-0.1, -0.05) is 12.2 Å². The first-order chi connectivity index (χ1) is 8.28. The van der Waals surface area contributed by atoms with E-state index in [0.717, 1.165) is 38.5 Å². The van der Waals surface area contributed by atoms with Gasteiger partial charge in [-0.05, 0) is 50.4 Å². The van der Waals surface area contributed by atoms with Gasteiger partial charge in [0.25, 0.3) is 0 Å². The summed E-state index contributed by atoms with van der Waals surface area (Å²) >= 11 is 0. The Morgan fingerprint density at radius 3 is 2.59 bits per heavy atom. The van der Waals surface area contributed by atoms with Gasteiger partial charge in [-0.15, -0.1) is 0 Å². The number of rotatable bonds is 4. The Labute approximate surface area is 103 Å². The number of nitrogens with one attached hydrogen (secondary N) is 1. The highest BCUT2D eigenvalue weighted by atomic mass is 16.3. The van der Waals surface area contributed by atoms with Crippen molar-refractivity contribution in [3.8, 4) is 0 Å². The highest BCUT2D eigenvalue weighted by Crippen LogP contribution is 2.24. The van der Waals surface area contributed by atoms with Crippen LogP contribution in [0.3, 0.4) is 0 Å². The molecule has 0 unspecified atom stereocenters. The largest absolute Gasteiger partial charge is 0.396 e. The van der Waals surface area contributed by atoms with Crippen LogP contribution in [-0.2, 0) is 4.79 Å². The van der Waals surface area contributed by atoms with E-state index in [1.54, 1.807) is 0 Å². The summed E-state index contributed by atoms with van der Waals surface area (Å²) in [5, 5.41) is 12.2. The molecular formula is C14H23NO2. The van der Waals surface area contributed by atoms with Crippen LogP contribution in [0.15, 0.2) is 12.2 Å². The Balaban J connectivity index is 1.66. The molecule has 0 saturated heterocycles. The number of allylic oxidation sites excluding steroid dienone is 2. The number of amides is 1. The van der Waals surface area contributed by atoms with Crippen LogP contribution in [0.5, 0.6) is 0 Å². The van der Waals surface area contributed by atoms with E-state index in [0.29, 0.717) is 30.9 Å². The Bertz CT molecular complexity index is 280. The zero-order valence-corrected chi connectivity index (χ0v) is 10.4. The quantitative estimate of drug-likeness (QED) is 0.735. The lowest BCUT2D eigenvalue weighted by Crippen LogP contribution is -2.38. The van der Waals surface area contributed by atoms with Gasteiger partial charge in [-0.2, -0.15) is 0 Å². The molecule has 0 bridgehead atoms. The van der Waals surface area contributed by atoms with Gasteiger partial charge in [0.1, 0.15) is 0 Å². The molecular weight excluding hydrogens is 214 g/mol. The fourth-order valence-corrected chi connectivity index (χ4v) is 2.88. The fourth-order valence-electron chi connectivity index (χ4n) is 2.88. The topological polar surface area (TPSA) is 49.3 Å². The lowest BCUT2D eigenvalue weighted by molar-refractivity contribution is -0.122. The minimum atomic E-state index is 0.203. The Kier molecular flexibility index (Phi) is 4.60. The number of hydrogen-bond donors (Lipinski definition) is 2. The molecule has 0 aliphatic heterocycles. The number of aliphatic hydroxyl groups is 1. The Morgan fingerprint density at radius 2 is 2.00 bits per heavy atom. The van der Waals surface area contributed by atoms with Crippen molar-refractivity contribution in [3.63, 3.8) is 0 Å². The maximum atomic E-state index is 11.8. The van der Waals surface area contributed by atoms with Gasteiger partial charge >= 0.3 is 0 Å². The fraction of sp³-hybridized carbons (Fsp3) is 0.786. The summed E-state index contributed by atoms with van der Waals surface area (Å²) in [6, 6.07) is 0.343. The van der Waals surface area contributed by atoms with Crippen LogP contribution in [0.4, 0.5) is 0 Å². The number of carbonyl (C=O) groups is 1. The third-order valence-electron chi connectivity index (χ3n) is 4.03. The first-order valence-corrected chi connectivity index (χ1v) is 6.85. The van der Waals surface area contributed by atoms with Crippen molar-refractivity contribution in [2.45, 2.75) is 51.0 Å². The monoisotopic (exact) mass is 237 g/mol. The average molecular weight is 237 g/mol. The predicted molar refractivity (Wildman–Crippen MR) is 67.5 cm³/mol. The highest BCUT2D eigenvalue weighted by molar-refractivity contribution is 5.76. The molecule has 1 atom stereocenters. The molecule has 0 spiro atoms. The molecule has 0 heterocycles. The van der Waals surface area contributed by atoms with E-state index in [-0.39, 0.29) is 5.91 Å². The maximum Gasteiger partial charge on any atom is 0.220 e. The van der Waals surface area contributed by atoms with Crippen molar-refractivity contribution < 1.29 is 9.90 Å². The van der Waals surface area contributed by atoms with E-state index < -0.39 is 0 Å². The number of aliphatic hydroxyl groups excluding tert-OH is 1. The summed E-state index contributed by atoms with van der Waals surface area (Å²) in [6.07, 6.45) is 11.4. The third-order valence-corrected chi connectivity index (χ3v) is 4.03. The van der Waals surface area contributed by atoms with Gasteiger partial charge in [0.05, 0.1) is 0 Å². The second kappa shape index (κ2) is 6.20. The SMILES string of the molecule is O=C(C[C@@H]1C=CCC1)NC1CCC(CO)CC1. The average Bonchev–Trinajstić information content (AvgIpc) is 2.82. The lowest BCUT2D eigenvalue weighted by atomic mass is 9.86. The molecule has 2 aliphatic rings. The van der Waals surface area contributed by atoms with Crippen molar-refractivity contribution in [1.29, 1.82) is 0 Å². The Morgan fingerprint density at radius 1 is 1.24 bits per heavy atom. The van der Waals surface area contributed by atoms with E-state index in [1.807, 2.05) is 0 Å². The number of hydrogen-bond acceptors (Lipinski definition) is 2. The van der Waals surface area contributed by atoms with Crippen LogP contribution >= 0.6 is 0 Å². The smallest absolute Gasteiger partial charge is 0.220 e. The summed E-state index contributed by atoms with van der Waals surface area (Å²) in [5.41, 5.74) is 0. The first-order valence-electron chi connectivity index (χ1n) is 6.85. The lowest BCUT2D eigenvalue weighted by Gasteiger charge is -2.28. The van der Waals surface area contributed by atoms with Gasteiger partial charge in [0.2, 0.25) is 5.91 Å². The molecule has 3 nitrogen and oxygen atoms in total. The molecule has 1 fully saturated rings.